The van der Waals surface area contributed by atoms with Gasteiger partial charge in [0, 0.05) is 12.1 Å². The summed E-state index contributed by atoms with van der Waals surface area (Å²) in [6, 6.07) is 3.75. The first-order chi connectivity index (χ1) is 9.10. The molecule has 2 rings (SSSR count). The van der Waals surface area contributed by atoms with Crippen molar-refractivity contribution in [1.29, 1.82) is 0 Å². The number of aromatic hydroxyl groups is 1. The normalized spacial score (nSPS) is 23.1. The van der Waals surface area contributed by atoms with Crippen LogP contribution in [0.1, 0.15) is 49.4 Å². The zero-order valence-corrected chi connectivity index (χ0v) is 11.2. The Hall–Kier alpha value is -1.58. The molecule has 0 saturated heterocycles. The highest BCUT2D eigenvalue weighted by Gasteiger charge is 2.22. The van der Waals surface area contributed by atoms with E-state index in [0.29, 0.717) is 0 Å². The summed E-state index contributed by atoms with van der Waals surface area (Å²) in [5.74, 6) is -0.478. The number of phenols is 1. The summed E-state index contributed by atoms with van der Waals surface area (Å²) in [4.78, 5) is 12.0. The van der Waals surface area contributed by atoms with E-state index in [-0.39, 0.29) is 17.4 Å². The van der Waals surface area contributed by atoms with Gasteiger partial charge in [-0.15, -0.1) is 0 Å². The minimum absolute atomic E-state index is 0.00425. The van der Waals surface area contributed by atoms with E-state index in [1.807, 2.05) is 0 Å². The van der Waals surface area contributed by atoms with E-state index in [0.717, 1.165) is 37.7 Å². The van der Waals surface area contributed by atoms with Gasteiger partial charge in [0.15, 0.2) is 0 Å². The fraction of sp³-hybridized carbons (Fsp3) is 0.533. The van der Waals surface area contributed by atoms with Crippen LogP contribution in [-0.2, 0) is 0 Å². The lowest BCUT2D eigenvalue weighted by atomic mass is 9.84. The van der Waals surface area contributed by atoms with Crippen molar-refractivity contribution in [2.45, 2.75) is 45.1 Å². The second kappa shape index (κ2) is 6.04. The number of nitrogens with one attached hydrogen (secondary N) is 1. The fourth-order valence-electron chi connectivity index (χ4n) is 2.67. The van der Waals surface area contributed by atoms with Crippen LogP contribution in [0.4, 0.5) is 4.39 Å². The molecule has 3 nitrogen and oxygen atoms in total. The number of halogens is 1. The van der Waals surface area contributed by atoms with Crippen molar-refractivity contribution in [3.05, 3.63) is 29.6 Å². The molecule has 1 aliphatic rings. The first-order valence-corrected chi connectivity index (χ1v) is 6.89. The van der Waals surface area contributed by atoms with E-state index >= 15 is 0 Å². The molecule has 0 spiro atoms. The van der Waals surface area contributed by atoms with Gasteiger partial charge in [-0.05, 0) is 43.7 Å². The van der Waals surface area contributed by atoms with E-state index in [1.165, 1.54) is 18.6 Å². The third-order valence-corrected chi connectivity index (χ3v) is 3.96. The number of phenolic OH excluding ortho intramolecular Hbond substituents is 1. The van der Waals surface area contributed by atoms with E-state index < -0.39 is 11.7 Å². The van der Waals surface area contributed by atoms with Crippen LogP contribution in [-0.4, -0.2) is 17.1 Å². The number of hydrogen-bond donors (Lipinski definition) is 2. The molecule has 1 fully saturated rings. The van der Waals surface area contributed by atoms with Crippen LogP contribution in [0.25, 0.3) is 0 Å². The van der Waals surface area contributed by atoms with Gasteiger partial charge >= 0.3 is 0 Å². The van der Waals surface area contributed by atoms with Gasteiger partial charge in [0.05, 0.1) is 5.56 Å². The summed E-state index contributed by atoms with van der Waals surface area (Å²) in [7, 11) is 0. The first-order valence-electron chi connectivity index (χ1n) is 6.89. The van der Waals surface area contributed by atoms with E-state index in [4.69, 9.17) is 5.11 Å². The molecule has 0 atom stereocenters. The van der Waals surface area contributed by atoms with Gasteiger partial charge in [-0.25, -0.2) is 4.39 Å². The molecule has 0 aromatic heterocycles. The Bertz CT molecular complexity index is 453. The van der Waals surface area contributed by atoms with E-state index in [9.17, 15) is 9.18 Å². The van der Waals surface area contributed by atoms with Gasteiger partial charge < -0.3 is 10.4 Å². The average Bonchev–Trinajstić information content (AvgIpc) is 2.39. The SMILES string of the molecule is CCC1CCC(NC(=O)c2ccc(O)cc2F)CC1. The lowest BCUT2D eigenvalue weighted by Gasteiger charge is -2.28. The molecular formula is C15H20FNO2. The molecule has 1 aromatic carbocycles. The third-order valence-electron chi connectivity index (χ3n) is 3.96. The molecule has 0 radical (unpaired) electrons. The predicted octanol–water partition coefficient (Wildman–Crippen LogP) is 3.23. The Morgan fingerprint density at radius 2 is 2.05 bits per heavy atom. The van der Waals surface area contributed by atoms with Crippen LogP contribution < -0.4 is 5.32 Å². The summed E-state index contributed by atoms with van der Waals surface area (Å²) >= 11 is 0. The molecular weight excluding hydrogens is 245 g/mol. The van der Waals surface area contributed by atoms with Crippen molar-refractivity contribution in [2.75, 3.05) is 0 Å². The maximum Gasteiger partial charge on any atom is 0.254 e. The maximum atomic E-state index is 13.6. The monoisotopic (exact) mass is 265 g/mol. The number of carbonyl (C=O) groups excluding carboxylic acids is 1. The largest absolute Gasteiger partial charge is 0.508 e. The smallest absolute Gasteiger partial charge is 0.254 e. The van der Waals surface area contributed by atoms with Crippen molar-refractivity contribution < 1.29 is 14.3 Å². The predicted molar refractivity (Wildman–Crippen MR) is 71.6 cm³/mol. The molecule has 1 amide bonds. The highest BCUT2D eigenvalue weighted by atomic mass is 19.1. The molecule has 0 bridgehead atoms. The average molecular weight is 265 g/mol. The number of carbonyl (C=O) groups is 1. The summed E-state index contributed by atoms with van der Waals surface area (Å²) in [5.41, 5.74) is -0.00425. The van der Waals surface area contributed by atoms with Crippen LogP contribution in [0.3, 0.4) is 0 Å². The molecule has 0 unspecified atom stereocenters. The molecule has 104 valence electrons. The Labute approximate surface area is 112 Å². The molecule has 2 N–H and O–H groups in total. The number of amides is 1. The second-order valence-electron chi connectivity index (χ2n) is 5.26. The highest BCUT2D eigenvalue weighted by molar-refractivity contribution is 5.94. The lowest BCUT2D eigenvalue weighted by Crippen LogP contribution is -2.37. The van der Waals surface area contributed by atoms with Crippen molar-refractivity contribution in [3.8, 4) is 5.75 Å². The Morgan fingerprint density at radius 3 is 2.63 bits per heavy atom. The van der Waals surface area contributed by atoms with Gasteiger partial charge in [-0.3, -0.25) is 4.79 Å². The molecule has 1 saturated carbocycles. The van der Waals surface area contributed by atoms with Crippen molar-refractivity contribution >= 4 is 5.91 Å². The zero-order valence-electron chi connectivity index (χ0n) is 11.2. The van der Waals surface area contributed by atoms with Crippen LogP contribution >= 0.6 is 0 Å². The Balaban J connectivity index is 1.94. The molecule has 0 aliphatic heterocycles. The minimum Gasteiger partial charge on any atom is -0.508 e. The molecule has 19 heavy (non-hydrogen) atoms. The summed E-state index contributed by atoms with van der Waals surface area (Å²) in [6.45, 7) is 2.19. The Morgan fingerprint density at radius 1 is 1.37 bits per heavy atom. The molecule has 1 aliphatic carbocycles. The van der Waals surface area contributed by atoms with Crippen molar-refractivity contribution in [1.82, 2.24) is 5.32 Å². The first kappa shape index (κ1) is 13.8. The van der Waals surface area contributed by atoms with Gasteiger partial charge in [-0.2, -0.15) is 0 Å². The topological polar surface area (TPSA) is 49.3 Å². The van der Waals surface area contributed by atoms with Crippen molar-refractivity contribution in [2.24, 2.45) is 5.92 Å². The Kier molecular flexibility index (Phi) is 4.40. The van der Waals surface area contributed by atoms with E-state index in [2.05, 4.69) is 12.2 Å². The van der Waals surface area contributed by atoms with Crippen LogP contribution in [0.5, 0.6) is 5.75 Å². The van der Waals surface area contributed by atoms with Gasteiger partial charge in [0.25, 0.3) is 5.91 Å². The fourth-order valence-corrected chi connectivity index (χ4v) is 2.67. The quantitative estimate of drug-likeness (QED) is 0.881. The molecule has 0 heterocycles. The minimum atomic E-state index is -0.681. The summed E-state index contributed by atoms with van der Waals surface area (Å²) in [6.07, 6.45) is 5.36. The number of hydrogen-bond acceptors (Lipinski definition) is 2. The van der Waals surface area contributed by atoms with Gasteiger partial charge in [0.1, 0.15) is 11.6 Å². The number of benzene rings is 1. The van der Waals surface area contributed by atoms with Gasteiger partial charge in [0.2, 0.25) is 0 Å². The lowest BCUT2D eigenvalue weighted by molar-refractivity contribution is 0.0917. The molecule has 4 heteroatoms. The van der Waals surface area contributed by atoms with Crippen molar-refractivity contribution in [3.63, 3.8) is 0 Å². The number of rotatable bonds is 3. The maximum absolute atomic E-state index is 13.6. The summed E-state index contributed by atoms with van der Waals surface area (Å²) < 4.78 is 13.6. The highest BCUT2D eigenvalue weighted by Crippen LogP contribution is 2.26. The zero-order chi connectivity index (χ0) is 13.8. The third kappa shape index (κ3) is 3.46. The van der Waals surface area contributed by atoms with E-state index in [1.54, 1.807) is 0 Å². The standard InChI is InChI=1S/C15H20FNO2/c1-2-10-3-5-11(6-4-10)17-15(19)13-8-7-12(18)9-14(13)16/h7-11,18H,2-6H2,1H3,(H,17,19). The summed E-state index contributed by atoms with van der Waals surface area (Å²) in [5, 5.41) is 12.0. The van der Waals surface area contributed by atoms with Crippen LogP contribution in [0, 0.1) is 11.7 Å². The van der Waals surface area contributed by atoms with Crippen LogP contribution in [0.2, 0.25) is 0 Å². The van der Waals surface area contributed by atoms with Crippen LogP contribution in [0.15, 0.2) is 18.2 Å². The second-order valence-corrected chi connectivity index (χ2v) is 5.26. The molecule has 1 aromatic rings. The van der Waals surface area contributed by atoms with Gasteiger partial charge in [-0.1, -0.05) is 13.3 Å².